The third-order valence-electron chi connectivity index (χ3n) is 7.69. The number of ether oxygens (including phenoxy) is 1. The lowest BCUT2D eigenvalue weighted by Gasteiger charge is -2.34. The third-order valence-corrected chi connectivity index (χ3v) is 10.4. The number of anilines is 1. The SMILES string of the molecule is COc1ccc(Cl)cc1N(CC(=O)N(Cc1ccc(Cl)c(Cl)c1)[C@H](Cc1ccccc1)C(=O)NC(C)C)S(=O)(=O)c1ccc(C)c([N+](=O)[O-])c1. The Morgan fingerprint density at radius 1 is 0.920 bits per heavy atom. The Bertz CT molecular complexity index is 2000. The van der Waals surface area contributed by atoms with Gasteiger partial charge in [-0.05, 0) is 68.3 Å². The van der Waals surface area contributed by atoms with E-state index in [0.717, 1.165) is 15.9 Å². The van der Waals surface area contributed by atoms with Gasteiger partial charge in [0.25, 0.3) is 15.7 Å². The molecule has 4 aromatic rings. The van der Waals surface area contributed by atoms with Crippen molar-refractivity contribution in [1.82, 2.24) is 10.2 Å². The first-order valence-electron chi connectivity index (χ1n) is 15.3. The van der Waals surface area contributed by atoms with Crippen LogP contribution in [0, 0.1) is 17.0 Å². The molecule has 50 heavy (non-hydrogen) atoms. The molecule has 1 N–H and O–H groups in total. The molecule has 4 aromatic carbocycles. The lowest BCUT2D eigenvalue weighted by Crippen LogP contribution is -2.54. The highest BCUT2D eigenvalue weighted by atomic mass is 35.5. The summed E-state index contributed by atoms with van der Waals surface area (Å²) in [5.41, 5.74) is 0.982. The third kappa shape index (κ3) is 9.25. The first-order valence-corrected chi connectivity index (χ1v) is 17.9. The van der Waals surface area contributed by atoms with E-state index in [4.69, 9.17) is 39.5 Å². The van der Waals surface area contributed by atoms with Crippen molar-refractivity contribution in [3.63, 3.8) is 0 Å². The monoisotopic (exact) mass is 760 g/mol. The molecule has 0 aliphatic carbocycles. The number of amides is 2. The Balaban J connectivity index is 1.91. The van der Waals surface area contributed by atoms with Crippen LogP contribution in [0.1, 0.15) is 30.5 Å². The highest BCUT2D eigenvalue weighted by Crippen LogP contribution is 2.36. The second kappa shape index (κ2) is 16.6. The van der Waals surface area contributed by atoms with Crippen molar-refractivity contribution in [3.05, 3.63) is 127 Å². The van der Waals surface area contributed by atoms with Crippen LogP contribution in [0.15, 0.2) is 89.8 Å². The van der Waals surface area contributed by atoms with Crippen molar-refractivity contribution >= 4 is 68.0 Å². The second-order valence-electron chi connectivity index (χ2n) is 11.7. The fraction of sp³-hybridized carbons (Fsp3) is 0.257. The van der Waals surface area contributed by atoms with Crippen molar-refractivity contribution in [2.45, 2.75) is 50.7 Å². The number of nitrogens with zero attached hydrogens (tertiary/aromatic N) is 3. The lowest BCUT2D eigenvalue weighted by molar-refractivity contribution is -0.385. The summed E-state index contributed by atoms with van der Waals surface area (Å²) < 4.78 is 35.2. The van der Waals surface area contributed by atoms with Gasteiger partial charge >= 0.3 is 0 Å². The number of halogens is 3. The number of benzene rings is 4. The summed E-state index contributed by atoms with van der Waals surface area (Å²) in [4.78, 5) is 40.5. The molecular formula is C35H35Cl3N4O7S. The van der Waals surface area contributed by atoms with Crippen molar-refractivity contribution in [2.24, 2.45) is 0 Å². The van der Waals surface area contributed by atoms with Crippen LogP contribution < -0.4 is 14.4 Å². The number of nitrogens with one attached hydrogen (secondary N) is 1. The van der Waals surface area contributed by atoms with Crippen molar-refractivity contribution in [1.29, 1.82) is 0 Å². The van der Waals surface area contributed by atoms with E-state index in [2.05, 4.69) is 5.32 Å². The molecule has 264 valence electrons. The first-order chi connectivity index (χ1) is 23.6. The van der Waals surface area contributed by atoms with Gasteiger partial charge in [0, 0.05) is 35.7 Å². The zero-order chi connectivity index (χ0) is 36.7. The average molecular weight is 762 g/mol. The van der Waals surface area contributed by atoms with Crippen LogP contribution in [-0.2, 0) is 32.6 Å². The van der Waals surface area contributed by atoms with Gasteiger partial charge in [0.15, 0.2) is 0 Å². The van der Waals surface area contributed by atoms with Gasteiger partial charge in [0.2, 0.25) is 11.8 Å². The van der Waals surface area contributed by atoms with Crippen molar-refractivity contribution < 1.29 is 27.7 Å². The molecule has 0 saturated heterocycles. The lowest BCUT2D eigenvalue weighted by atomic mass is 10.0. The molecule has 0 aliphatic rings. The zero-order valence-electron chi connectivity index (χ0n) is 27.6. The maximum Gasteiger partial charge on any atom is 0.273 e. The standard InChI is InChI=1S/C35H35Cl3N4O7S/c1-22(2)39-35(44)32(17-24-8-6-5-7-9-24)40(20-25-11-14-28(37)29(38)16-25)34(43)21-41(31-18-26(36)12-15-33(31)49-4)50(47,48)27-13-10-23(3)30(19-27)42(45)46/h5-16,18-19,22,32H,17,20-21H2,1-4H3,(H,39,44)/t32-/m1/s1. The second-order valence-corrected chi connectivity index (χ2v) is 14.8. The van der Waals surface area contributed by atoms with Crippen molar-refractivity contribution in [2.75, 3.05) is 18.0 Å². The van der Waals surface area contributed by atoms with E-state index in [0.29, 0.717) is 5.56 Å². The van der Waals surface area contributed by atoms with Crippen LogP contribution in [0.2, 0.25) is 15.1 Å². The minimum Gasteiger partial charge on any atom is -0.495 e. The highest BCUT2D eigenvalue weighted by molar-refractivity contribution is 7.92. The normalized spacial score (nSPS) is 11.9. The smallest absolute Gasteiger partial charge is 0.273 e. The van der Waals surface area contributed by atoms with Crippen LogP contribution in [0.25, 0.3) is 0 Å². The Labute approximate surface area is 305 Å². The van der Waals surface area contributed by atoms with E-state index in [-0.39, 0.29) is 51.1 Å². The van der Waals surface area contributed by atoms with E-state index in [9.17, 15) is 28.1 Å². The molecule has 0 fully saturated rings. The summed E-state index contributed by atoms with van der Waals surface area (Å²) >= 11 is 18.8. The fourth-order valence-electron chi connectivity index (χ4n) is 5.21. The molecule has 0 saturated carbocycles. The van der Waals surface area contributed by atoms with Gasteiger partial charge < -0.3 is 15.0 Å². The van der Waals surface area contributed by atoms with Crippen molar-refractivity contribution in [3.8, 4) is 5.75 Å². The maximum atomic E-state index is 14.7. The van der Waals surface area contributed by atoms with Crippen LogP contribution in [0.4, 0.5) is 11.4 Å². The number of methoxy groups -OCH3 is 1. The van der Waals surface area contributed by atoms with E-state index in [1.54, 1.807) is 44.2 Å². The molecule has 0 spiro atoms. The Kier molecular flexibility index (Phi) is 12.7. The van der Waals surface area contributed by atoms with Gasteiger partial charge in [-0.25, -0.2) is 8.42 Å². The quantitative estimate of drug-likeness (QED) is 0.106. The van der Waals surface area contributed by atoms with Crippen LogP contribution in [0.5, 0.6) is 5.75 Å². The number of nitro benzene ring substituents is 1. The molecule has 11 nitrogen and oxygen atoms in total. The highest BCUT2D eigenvalue weighted by Gasteiger charge is 2.36. The summed E-state index contributed by atoms with van der Waals surface area (Å²) in [5.74, 6) is -1.19. The fourth-order valence-corrected chi connectivity index (χ4v) is 7.14. The van der Waals surface area contributed by atoms with Gasteiger partial charge in [-0.3, -0.25) is 24.0 Å². The number of sulfonamides is 1. The molecule has 15 heteroatoms. The molecule has 2 amide bonds. The summed E-state index contributed by atoms with van der Waals surface area (Å²) in [7, 11) is -3.39. The number of hydrogen-bond donors (Lipinski definition) is 1. The predicted molar refractivity (Wildman–Crippen MR) is 195 cm³/mol. The van der Waals surface area contributed by atoms with Crippen LogP contribution >= 0.6 is 34.8 Å². The summed E-state index contributed by atoms with van der Waals surface area (Å²) in [6.45, 7) is 4.04. The van der Waals surface area contributed by atoms with Gasteiger partial charge in [-0.15, -0.1) is 0 Å². The van der Waals surface area contributed by atoms with E-state index >= 15 is 0 Å². The van der Waals surface area contributed by atoms with Crippen LogP contribution in [-0.4, -0.2) is 55.8 Å². The molecule has 0 heterocycles. The number of aryl methyl sites for hydroxylation is 1. The average Bonchev–Trinajstić information content (AvgIpc) is 3.06. The molecule has 0 aromatic heterocycles. The molecule has 0 aliphatic heterocycles. The number of nitro groups is 1. The Hall–Kier alpha value is -4.36. The van der Waals surface area contributed by atoms with Gasteiger partial charge in [0.1, 0.15) is 18.3 Å². The number of carbonyl (C=O) groups is 2. The van der Waals surface area contributed by atoms with Gasteiger partial charge in [-0.2, -0.15) is 0 Å². The van der Waals surface area contributed by atoms with E-state index in [1.807, 2.05) is 18.2 Å². The largest absolute Gasteiger partial charge is 0.495 e. The number of rotatable bonds is 14. The topological polar surface area (TPSA) is 139 Å². The Morgan fingerprint density at radius 2 is 1.62 bits per heavy atom. The molecule has 0 bridgehead atoms. The summed E-state index contributed by atoms with van der Waals surface area (Å²) in [6, 6.07) is 20.1. The molecule has 0 radical (unpaired) electrons. The minimum absolute atomic E-state index is 0.0572. The number of carbonyl (C=O) groups excluding carboxylic acids is 2. The van der Waals surface area contributed by atoms with Gasteiger partial charge in [0.05, 0.1) is 32.7 Å². The van der Waals surface area contributed by atoms with Gasteiger partial charge in [-0.1, -0.05) is 77.3 Å². The van der Waals surface area contributed by atoms with Crippen LogP contribution in [0.3, 0.4) is 0 Å². The minimum atomic E-state index is -4.71. The Morgan fingerprint density at radius 3 is 2.24 bits per heavy atom. The summed E-state index contributed by atoms with van der Waals surface area (Å²) in [6.07, 6.45) is 0.0872. The zero-order valence-corrected chi connectivity index (χ0v) is 30.7. The predicted octanol–water partition coefficient (Wildman–Crippen LogP) is 7.23. The summed E-state index contributed by atoms with van der Waals surface area (Å²) in [5, 5.41) is 15.3. The maximum absolute atomic E-state index is 14.7. The first kappa shape index (κ1) is 38.4. The number of hydrogen-bond acceptors (Lipinski definition) is 7. The molecular weight excluding hydrogens is 727 g/mol. The van der Waals surface area contributed by atoms with E-state index in [1.165, 1.54) is 49.3 Å². The molecule has 0 unspecified atom stereocenters. The molecule has 4 rings (SSSR count). The van der Waals surface area contributed by atoms with E-state index < -0.39 is 49.9 Å². The molecule has 1 atom stereocenters.